The van der Waals surface area contributed by atoms with Crippen LogP contribution in [-0.4, -0.2) is 11.1 Å². The number of thioether (sulfide) groups is 1. The van der Waals surface area contributed by atoms with E-state index in [1.165, 1.54) is 30.6 Å². The number of rotatable bonds is 4. The highest BCUT2D eigenvalue weighted by Gasteiger charge is 2.32. The van der Waals surface area contributed by atoms with E-state index in [0.717, 1.165) is 11.1 Å². The minimum absolute atomic E-state index is 0.483. The van der Waals surface area contributed by atoms with Crippen molar-refractivity contribution < 1.29 is 0 Å². The molecule has 0 spiro atoms. The highest BCUT2D eigenvalue weighted by Crippen LogP contribution is 2.43. The van der Waals surface area contributed by atoms with Crippen molar-refractivity contribution in [2.24, 2.45) is 5.41 Å². The van der Waals surface area contributed by atoms with Crippen LogP contribution in [0.15, 0.2) is 23.1 Å². The van der Waals surface area contributed by atoms with Gasteiger partial charge in [-0.15, -0.1) is 11.8 Å². The van der Waals surface area contributed by atoms with Crippen LogP contribution in [0.2, 0.25) is 10.0 Å². The Bertz CT molecular complexity index is 389. The lowest BCUT2D eigenvalue weighted by Crippen LogP contribution is -2.21. The van der Waals surface area contributed by atoms with Gasteiger partial charge in [0.25, 0.3) is 0 Å². The predicted octanol–water partition coefficient (Wildman–Crippen LogP) is 6.04. The Labute approximate surface area is 126 Å². The van der Waals surface area contributed by atoms with Crippen molar-refractivity contribution in [1.29, 1.82) is 0 Å². The summed E-state index contributed by atoms with van der Waals surface area (Å²) in [6.45, 7) is 0. The van der Waals surface area contributed by atoms with Crippen LogP contribution in [0, 0.1) is 5.41 Å². The first-order chi connectivity index (χ1) is 8.15. The Balaban J connectivity index is 1.99. The predicted molar refractivity (Wildman–Crippen MR) is 81.9 cm³/mol. The lowest BCUT2D eigenvalue weighted by molar-refractivity contribution is 0.405. The number of benzene rings is 1. The van der Waals surface area contributed by atoms with Crippen LogP contribution in [0.1, 0.15) is 25.7 Å². The van der Waals surface area contributed by atoms with Gasteiger partial charge in [0, 0.05) is 16.0 Å². The molecule has 4 heteroatoms. The normalized spacial score (nSPS) is 18.5. The van der Waals surface area contributed by atoms with Gasteiger partial charge in [0.2, 0.25) is 0 Å². The molecule has 1 fully saturated rings. The van der Waals surface area contributed by atoms with Gasteiger partial charge in [-0.2, -0.15) is 0 Å². The maximum atomic E-state index is 6.02. The summed E-state index contributed by atoms with van der Waals surface area (Å²) in [5.74, 6) is 1.16. The maximum Gasteiger partial charge on any atom is 0.0603 e. The summed E-state index contributed by atoms with van der Waals surface area (Å²) in [5, 5.41) is 2.39. The van der Waals surface area contributed by atoms with E-state index in [1.807, 2.05) is 23.9 Å². The molecule has 0 radical (unpaired) electrons. The molecule has 1 aliphatic carbocycles. The molecule has 94 valence electrons. The summed E-state index contributed by atoms with van der Waals surface area (Å²) in [7, 11) is 0. The smallest absolute Gasteiger partial charge is 0.0603 e. The standard InChI is InChI=1S/C13H15BrCl2S/c14-8-13(5-1-2-6-13)9-17-10-3-4-11(15)12(16)7-10/h3-4,7H,1-2,5-6,8-9H2. The summed E-state index contributed by atoms with van der Waals surface area (Å²) in [5.41, 5.74) is 0.483. The van der Waals surface area contributed by atoms with Crippen LogP contribution in [-0.2, 0) is 0 Å². The molecule has 1 aliphatic rings. The molecule has 1 aromatic rings. The van der Waals surface area contributed by atoms with E-state index in [0.29, 0.717) is 15.5 Å². The molecule has 0 nitrogen and oxygen atoms in total. The monoisotopic (exact) mass is 352 g/mol. The number of hydrogen-bond donors (Lipinski definition) is 0. The zero-order valence-corrected chi connectivity index (χ0v) is 13.4. The number of hydrogen-bond acceptors (Lipinski definition) is 1. The van der Waals surface area contributed by atoms with Crippen LogP contribution in [0.3, 0.4) is 0 Å². The van der Waals surface area contributed by atoms with Gasteiger partial charge < -0.3 is 0 Å². The van der Waals surface area contributed by atoms with Crippen molar-refractivity contribution in [1.82, 2.24) is 0 Å². The number of halogens is 3. The van der Waals surface area contributed by atoms with E-state index in [4.69, 9.17) is 23.2 Å². The van der Waals surface area contributed by atoms with E-state index in [1.54, 1.807) is 0 Å². The van der Waals surface area contributed by atoms with Gasteiger partial charge in [-0.1, -0.05) is 52.0 Å². The van der Waals surface area contributed by atoms with Crippen LogP contribution < -0.4 is 0 Å². The molecule has 0 bridgehead atoms. The average molecular weight is 354 g/mol. The SMILES string of the molecule is Clc1ccc(SCC2(CBr)CCCC2)cc1Cl. The molecule has 1 saturated carbocycles. The highest BCUT2D eigenvalue weighted by atomic mass is 79.9. The van der Waals surface area contributed by atoms with Crippen molar-refractivity contribution in [3.63, 3.8) is 0 Å². The van der Waals surface area contributed by atoms with Gasteiger partial charge in [-0.3, -0.25) is 0 Å². The molecule has 17 heavy (non-hydrogen) atoms. The Morgan fingerprint density at radius 2 is 1.88 bits per heavy atom. The minimum atomic E-state index is 0.483. The second-order valence-electron chi connectivity index (χ2n) is 4.71. The van der Waals surface area contributed by atoms with Gasteiger partial charge in [0.15, 0.2) is 0 Å². The third-order valence-electron chi connectivity index (χ3n) is 3.38. The Morgan fingerprint density at radius 3 is 2.47 bits per heavy atom. The summed E-state index contributed by atoms with van der Waals surface area (Å²) < 4.78 is 0. The van der Waals surface area contributed by atoms with Crippen molar-refractivity contribution in [2.75, 3.05) is 11.1 Å². The maximum absolute atomic E-state index is 6.02. The summed E-state index contributed by atoms with van der Waals surface area (Å²) >= 11 is 17.5. The molecule has 0 saturated heterocycles. The average Bonchev–Trinajstić information content (AvgIpc) is 2.80. The Morgan fingerprint density at radius 1 is 1.18 bits per heavy atom. The zero-order valence-electron chi connectivity index (χ0n) is 9.52. The fraction of sp³-hybridized carbons (Fsp3) is 0.538. The molecule has 0 atom stereocenters. The summed E-state index contributed by atoms with van der Waals surface area (Å²) in [4.78, 5) is 1.21. The van der Waals surface area contributed by atoms with E-state index < -0.39 is 0 Å². The second kappa shape index (κ2) is 6.18. The third kappa shape index (κ3) is 3.56. The van der Waals surface area contributed by atoms with Crippen molar-refractivity contribution in [3.8, 4) is 0 Å². The molecule has 1 aromatic carbocycles. The number of alkyl halides is 1. The lowest BCUT2D eigenvalue weighted by Gasteiger charge is -2.25. The first-order valence-electron chi connectivity index (χ1n) is 5.79. The Hall–Kier alpha value is 0.630. The molecular weight excluding hydrogens is 339 g/mol. The topological polar surface area (TPSA) is 0 Å². The minimum Gasteiger partial charge on any atom is -0.126 e. The third-order valence-corrected chi connectivity index (χ3v) is 6.66. The van der Waals surface area contributed by atoms with Crippen molar-refractivity contribution >= 4 is 50.9 Å². The first-order valence-corrected chi connectivity index (χ1v) is 8.65. The van der Waals surface area contributed by atoms with E-state index in [-0.39, 0.29) is 0 Å². The molecule has 0 unspecified atom stereocenters. The van der Waals surface area contributed by atoms with Crippen molar-refractivity contribution in [3.05, 3.63) is 28.2 Å². The van der Waals surface area contributed by atoms with Gasteiger partial charge in [0.1, 0.15) is 0 Å². The fourth-order valence-corrected chi connectivity index (χ4v) is 4.86. The van der Waals surface area contributed by atoms with Crippen LogP contribution in [0.5, 0.6) is 0 Å². The fourth-order valence-electron chi connectivity index (χ4n) is 2.24. The first kappa shape index (κ1) is 14.0. The second-order valence-corrected chi connectivity index (χ2v) is 7.13. The molecular formula is C13H15BrCl2S. The summed E-state index contributed by atoms with van der Waals surface area (Å²) in [6.07, 6.45) is 5.42. The van der Waals surface area contributed by atoms with Crippen LogP contribution in [0.4, 0.5) is 0 Å². The molecule has 0 aliphatic heterocycles. The lowest BCUT2D eigenvalue weighted by atomic mass is 9.92. The summed E-state index contributed by atoms with van der Waals surface area (Å²) in [6, 6.07) is 5.89. The van der Waals surface area contributed by atoms with Gasteiger partial charge >= 0.3 is 0 Å². The van der Waals surface area contributed by atoms with E-state index in [2.05, 4.69) is 22.0 Å². The molecule has 0 N–H and O–H groups in total. The van der Waals surface area contributed by atoms with E-state index >= 15 is 0 Å². The largest absolute Gasteiger partial charge is 0.126 e. The van der Waals surface area contributed by atoms with Crippen molar-refractivity contribution in [2.45, 2.75) is 30.6 Å². The van der Waals surface area contributed by atoms with Gasteiger partial charge in [0.05, 0.1) is 10.0 Å². The molecule has 0 heterocycles. The molecule has 0 amide bonds. The Kier molecular flexibility index (Phi) is 5.11. The highest BCUT2D eigenvalue weighted by molar-refractivity contribution is 9.09. The zero-order chi connectivity index (χ0) is 12.3. The quantitative estimate of drug-likeness (QED) is 0.469. The van der Waals surface area contributed by atoms with Crippen LogP contribution >= 0.6 is 50.9 Å². The van der Waals surface area contributed by atoms with E-state index in [9.17, 15) is 0 Å². The van der Waals surface area contributed by atoms with Gasteiger partial charge in [-0.25, -0.2) is 0 Å². The molecule has 0 aromatic heterocycles. The van der Waals surface area contributed by atoms with Crippen LogP contribution in [0.25, 0.3) is 0 Å². The van der Waals surface area contributed by atoms with Gasteiger partial charge in [-0.05, 0) is 36.5 Å². The molecule has 2 rings (SSSR count).